The van der Waals surface area contributed by atoms with Crippen molar-refractivity contribution in [3.8, 4) is 0 Å². The lowest BCUT2D eigenvalue weighted by Gasteiger charge is -2.27. The minimum absolute atomic E-state index is 0.0169. The maximum absolute atomic E-state index is 13.6. The van der Waals surface area contributed by atoms with Gasteiger partial charge in [0.2, 0.25) is 5.91 Å². The first kappa shape index (κ1) is 22.4. The minimum Gasteiger partial charge on any atom is -0.353 e. The number of nitrogens with zero attached hydrogens (tertiary/aromatic N) is 1. The summed E-state index contributed by atoms with van der Waals surface area (Å²) in [5.74, 6) is -1.32. The number of aromatic nitrogens is 1. The maximum atomic E-state index is 13.6. The van der Waals surface area contributed by atoms with Crippen molar-refractivity contribution < 1.29 is 18.8 Å². The fourth-order valence-corrected chi connectivity index (χ4v) is 5.08. The van der Waals surface area contributed by atoms with Crippen LogP contribution >= 0.6 is 11.6 Å². The predicted molar refractivity (Wildman–Crippen MR) is 128 cm³/mol. The summed E-state index contributed by atoms with van der Waals surface area (Å²) in [6.07, 6.45) is 4.58. The number of carbonyl (C=O) groups excluding carboxylic acids is 3. The van der Waals surface area contributed by atoms with Gasteiger partial charge in [-0.3, -0.25) is 14.4 Å². The highest BCUT2D eigenvalue weighted by Gasteiger charge is 2.29. The first-order valence-electron chi connectivity index (χ1n) is 11.4. The fraction of sp³-hybridized carbons (Fsp3) is 0.320. The van der Waals surface area contributed by atoms with Gasteiger partial charge in [-0.2, -0.15) is 0 Å². The molecule has 1 fully saturated rings. The average molecular weight is 483 g/mol. The van der Waals surface area contributed by atoms with E-state index in [1.54, 1.807) is 18.2 Å². The van der Waals surface area contributed by atoms with Crippen LogP contribution in [0.4, 0.5) is 10.1 Å². The van der Waals surface area contributed by atoms with Gasteiger partial charge in [0.1, 0.15) is 11.5 Å². The zero-order chi connectivity index (χ0) is 23.8. The lowest BCUT2D eigenvalue weighted by atomic mass is 10.1. The van der Waals surface area contributed by atoms with Crippen molar-refractivity contribution in [2.75, 3.05) is 11.9 Å². The van der Waals surface area contributed by atoms with Crippen molar-refractivity contribution in [2.45, 2.75) is 44.2 Å². The van der Waals surface area contributed by atoms with Crippen LogP contribution < -0.4 is 16.0 Å². The van der Waals surface area contributed by atoms with Gasteiger partial charge in [0.05, 0.1) is 16.6 Å². The summed E-state index contributed by atoms with van der Waals surface area (Å²) >= 11 is 6.04. The number of halogens is 2. The van der Waals surface area contributed by atoms with Crippen LogP contribution in [0.2, 0.25) is 5.02 Å². The molecular formula is C25H24ClFN4O3. The molecule has 1 aliphatic heterocycles. The predicted octanol–water partition coefficient (Wildman–Crippen LogP) is 4.42. The topological polar surface area (TPSA) is 92.2 Å². The summed E-state index contributed by atoms with van der Waals surface area (Å²) in [7, 11) is 0. The van der Waals surface area contributed by atoms with Crippen molar-refractivity contribution in [3.63, 3.8) is 0 Å². The Bertz CT molecular complexity index is 1300. The standard InChI is InChI=1S/C25H24ClFN4O3/c26-20-7-5-15(27)11-19(20)24(33)30-17-6-8-21-14(9-17)10-22-25(34)28-13-18(31(21)22)12-23(32)29-16-3-1-2-4-16/h5-11,16,18H,1-4,12-13H2,(H,28,34)(H,29,32)(H,30,33). The summed E-state index contributed by atoms with van der Waals surface area (Å²) in [6, 6.07) is 10.6. The molecule has 9 heteroatoms. The minimum atomic E-state index is -0.556. The molecule has 5 rings (SSSR count). The number of carbonyl (C=O) groups is 3. The van der Waals surface area contributed by atoms with E-state index in [4.69, 9.17) is 11.6 Å². The molecule has 7 nitrogen and oxygen atoms in total. The molecule has 0 spiro atoms. The first-order valence-corrected chi connectivity index (χ1v) is 11.8. The van der Waals surface area contributed by atoms with Crippen LogP contribution in [0.15, 0.2) is 42.5 Å². The lowest BCUT2D eigenvalue weighted by Crippen LogP contribution is -2.42. The number of anilines is 1. The van der Waals surface area contributed by atoms with E-state index in [1.165, 1.54) is 12.1 Å². The summed E-state index contributed by atoms with van der Waals surface area (Å²) in [5.41, 5.74) is 1.78. The summed E-state index contributed by atoms with van der Waals surface area (Å²) in [6.45, 7) is 0.365. The molecule has 3 aromatic rings. The van der Waals surface area contributed by atoms with Crippen LogP contribution in [0.5, 0.6) is 0 Å². The van der Waals surface area contributed by atoms with Gasteiger partial charge in [-0.15, -0.1) is 0 Å². The number of rotatable bonds is 5. The van der Waals surface area contributed by atoms with Crippen LogP contribution in [0, 0.1) is 5.82 Å². The van der Waals surface area contributed by atoms with Crippen LogP contribution in [0.3, 0.4) is 0 Å². The van der Waals surface area contributed by atoms with Crippen LogP contribution in [0.1, 0.15) is 59.0 Å². The van der Waals surface area contributed by atoms with E-state index in [2.05, 4.69) is 16.0 Å². The van der Waals surface area contributed by atoms with E-state index in [0.29, 0.717) is 17.9 Å². The molecule has 1 unspecified atom stereocenters. The lowest BCUT2D eigenvalue weighted by molar-refractivity contribution is -0.122. The van der Waals surface area contributed by atoms with Crippen LogP contribution in [-0.2, 0) is 4.79 Å². The van der Waals surface area contributed by atoms with Gasteiger partial charge < -0.3 is 20.5 Å². The zero-order valence-electron chi connectivity index (χ0n) is 18.4. The summed E-state index contributed by atoms with van der Waals surface area (Å²) in [5, 5.41) is 9.61. The monoisotopic (exact) mass is 482 g/mol. The Morgan fingerprint density at radius 3 is 2.71 bits per heavy atom. The molecule has 2 aromatic carbocycles. The fourth-order valence-electron chi connectivity index (χ4n) is 4.88. The Labute approximate surface area is 200 Å². The van der Waals surface area contributed by atoms with Gasteiger partial charge in [-0.05, 0) is 55.3 Å². The van der Waals surface area contributed by atoms with Gasteiger partial charge in [0, 0.05) is 35.6 Å². The average Bonchev–Trinajstić information content (AvgIpc) is 3.45. The third-order valence-electron chi connectivity index (χ3n) is 6.51. The second-order valence-electron chi connectivity index (χ2n) is 8.87. The second-order valence-corrected chi connectivity index (χ2v) is 9.28. The summed E-state index contributed by atoms with van der Waals surface area (Å²) < 4.78 is 15.5. The molecule has 1 atom stereocenters. The molecule has 1 aliphatic carbocycles. The Balaban J connectivity index is 1.39. The van der Waals surface area contributed by atoms with E-state index < -0.39 is 11.7 Å². The van der Waals surface area contributed by atoms with Gasteiger partial charge in [-0.25, -0.2) is 4.39 Å². The molecule has 2 aliphatic rings. The van der Waals surface area contributed by atoms with Gasteiger partial charge in [-0.1, -0.05) is 24.4 Å². The molecule has 1 aromatic heterocycles. The number of nitrogens with one attached hydrogen (secondary N) is 3. The molecule has 3 amide bonds. The second kappa shape index (κ2) is 9.10. The first-order chi connectivity index (χ1) is 16.4. The number of hydrogen-bond acceptors (Lipinski definition) is 3. The van der Waals surface area contributed by atoms with Crippen molar-refractivity contribution in [2.24, 2.45) is 0 Å². The Morgan fingerprint density at radius 2 is 1.91 bits per heavy atom. The highest BCUT2D eigenvalue weighted by molar-refractivity contribution is 6.34. The Kier molecular flexibility index (Phi) is 6.00. The smallest absolute Gasteiger partial charge is 0.268 e. The molecule has 0 radical (unpaired) electrons. The number of benzene rings is 2. The highest BCUT2D eigenvalue weighted by Crippen LogP contribution is 2.31. The SMILES string of the molecule is O=C(CC1CNC(=O)c2cc3cc(NC(=O)c4cc(F)ccc4Cl)ccc3n21)NC1CCCC1. The largest absolute Gasteiger partial charge is 0.353 e. The quantitative estimate of drug-likeness (QED) is 0.502. The molecule has 2 heterocycles. The zero-order valence-corrected chi connectivity index (χ0v) is 19.1. The highest BCUT2D eigenvalue weighted by atomic mass is 35.5. The molecule has 1 saturated carbocycles. The van der Waals surface area contributed by atoms with Gasteiger partial charge in [0.15, 0.2) is 0 Å². The third kappa shape index (κ3) is 4.37. The van der Waals surface area contributed by atoms with E-state index in [-0.39, 0.29) is 40.9 Å². The van der Waals surface area contributed by atoms with Gasteiger partial charge in [0.25, 0.3) is 11.8 Å². The molecular weight excluding hydrogens is 459 g/mol. The van der Waals surface area contributed by atoms with Gasteiger partial charge >= 0.3 is 0 Å². The number of amides is 3. The third-order valence-corrected chi connectivity index (χ3v) is 6.84. The molecule has 0 saturated heterocycles. The Hall–Kier alpha value is -3.39. The van der Waals surface area contributed by atoms with Crippen LogP contribution in [-0.4, -0.2) is 34.9 Å². The van der Waals surface area contributed by atoms with E-state index in [1.807, 2.05) is 10.6 Å². The number of hydrogen-bond donors (Lipinski definition) is 3. The molecule has 3 N–H and O–H groups in total. The molecule has 176 valence electrons. The van der Waals surface area contributed by atoms with E-state index in [0.717, 1.165) is 42.7 Å². The van der Waals surface area contributed by atoms with Crippen molar-refractivity contribution in [1.29, 1.82) is 0 Å². The molecule has 0 bridgehead atoms. The normalized spacial score (nSPS) is 17.9. The van der Waals surface area contributed by atoms with Crippen molar-refractivity contribution >= 4 is 45.9 Å². The van der Waals surface area contributed by atoms with E-state index >= 15 is 0 Å². The maximum Gasteiger partial charge on any atom is 0.268 e. The number of fused-ring (bicyclic) bond motifs is 3. The van der Waals surface area contributed by atoms with Crippen molar-refractivity contribution in [3.05, 3.63) is 64.6 Å². The summed E-state index contributed by atoms with van der Waals surface area (Å²) in [4.78, 5) is 37.8. The van der Waals surface area contributed by atoms with Crippen molar-refractivity contribution in [1.82, 2.24) is 15.2 Å². The van der Waals surface area contributed by atoms with E-state index in [9.17, 15) is 18.8 Å². The Morgan fingerprint density at radius 1 is 1.12 bits per heavy atom. The molecule has 34 heavy (non-hydrogen) atoms. The van der Waals surface area contributed by atoms with Crippen LogP contribution in [0.25, 0.3) is 10.9 Å².